The van der Waals surface area contributed by atoms with Gasteiger partial charge in [0.1, 0.15) is 0 Å². The van der Waals surface area contributed by atoms with E-state index in [1.54, 1.807) is 6.92 Å². The summed E-state index contributed by atoms with van der Waals surface area (Å²) in [5.74, 6) is 0. The Morgan fingerprint density at radius 3 is 2.68 bits per heavy atom. The number of nitrogens with one attached hydrogen (secondary N) is 2. The number of aliphatic hydroxyl groups excluding tert-OH is 1. The molecule has 0 aromatic heterocycles. The summed E-state index contributed by atoms with van der Waals surface area (Å²) >= 11 is 0. The second-order valence-electron chi connectivity index (χ2n) is 6.18. The van der Waals surface area contributed by atoms with Crippen molar-refractivity contribution in [1.82, 2.24) is 15.5 Å². The number of hydrogen-bond donors (Lipinski definition) is 3. The van der Waals surface area contributed by atoms with Crippen LogP contribution in [0.15, 0.2) is 24.3 Å². The largest absolute Gasteiger partial charge is 0.394 e. The lowest BCUT2D eigenvalue weighted by Crippen LogP contribution is -2.50. The molecule has 1 aromatic rings. The van der Waals surface area contributed by atoms with Gasteiger partial charge in [-0.25, -0.2) is 4.79 Å². The molecule has 1 aliphatic heterocycles. The zero-order valence-electron chi connectivity index (χ0n) is 13.5. The van der Waals surface area contributed by atoms with Gasteiger partial charge in [-0.2, -0.15) is 0 Å². The minimum atomic E-state index is -0.207. The second-order valence-corrected chi connectivity index (χ2v) is 6.18. The van der Waals surface area contributed by atoms with E-state index in [0.717, 1.165) is 32.5 Å². The molecule has 0 unspecified atom stereocenters. The van der Waals surface area contributed by atoms with Crippen LogP contribution < -0.4 is 10.6 Å². The van der Waals surface area contributed by atoms with Crippen LogP contribution in [0.1, 0.15) is 30.9 Å². The first-order valence-corrected chi connectivity index (χ1v) is 8.03. The van der Waals surface area contributed by atoms with Crippen molar-refractivity contribution >= 4 is 6.03 Å². The zero-order valence-corrected chi connectivity index (χ0v) is 13.5. The van der Waals surface area contributed by atoms with Crippen molar-refractivity contribution in [2.45, 2.75) is 45.3 Å². The molecule has 3 N–H and O–H groups in total. The first kappa shape index (κ1) is 16.8. The molecule has 1 fully saturated rings. The number of likely N-dealkylation sites (tertiary alicyclic amines) is 1. The van der Waals surface area contributed by atoms with E-state index >= 15 is 0 Å². The van der Waals surface area contributed by atoms with Gasteiger partial charge in [0.05, 0.1) is 12.6 Å². The van der Waals surface area contributed by atoms with Crippen molar-refractivity contribution in [1.29, 1.82) is 0 Å². The molecule has 5 heteroatoms. The first-order valence-electron chi connectivity index (χ1n) is 8.03. The van der Waals surface area contributed by atoms with Gasteiger partial charge in [-0.1, -0.05) is 24.3 Å². The van der Waals surface area contributed by atoms with Crippen LogP contribution in [0.2, 0.25) is 0 Å². The van der Waals surface area contributed by atoms with E-state index in [0.29, 0.717) is 0 Å². The Labute approximate surface area is 132 Å². The van der Waals surface area contributed by atoms with Gasteiger partial charge < -0.3 is 15.7 Å². The number of urea groups is 1. The number of benzene rings is 1. The van der Waals surface area contributed by atoms with E-state index in [-0.39, 0.29) is 24.7 Å². The molecule has 5 nitrogen and oxygen atoms in total. The van der Waals surface area contributed by atoms with Gasteiger partial charge >= 0.3 is 6.03 Å². The molecule has 0 aliphatic carbocycles. The lowest BCUT2D eigenvalue weighted by Gasteiger charge is -2.32. The van der Waals surface area contributed by atoms with Crippen LogP contribution in [-0.4, -0.2) is 47.8 Å². The minimum Gasteiger partial charge on any atom is -0.394 e. The highest BCUT2D eigenvalue weighted by molar-refractivity contribution is 5.74. The van der Waals surface area contributed by atoms with Crippen molar-refractivity contribution in [2.24, 2.45) is 0 Å². The molecule has 0 bridgehead atoms. The summed E-state index contributed by atoms with van der Waals surface area (Å²) in [5, 5.41) is 14.7. The van der Waals surface area contributed by atoms with E-state index < -0.39 is 0 Å². The van der Waals surface area contributed by atoms with Crippen LogP contribution in [-0.2, 0) is 6.54 Å². The molecule has 1 heterocycles. The predicted octanol–water partition coefficient (Wildman–Crippen LogP) is 1.64. The summed E-state index contributed by atoms with van der Waals surface area (Å²) in [6, 6.07) is 8.32. The van der Waals surface area contributed by atoms with Crippen molar-refractivity contribution in [3.8, 4) is 0 Å². The summed E-state index contributed by atoms with van der Waals surface area (Å²) < 4.78 is 0. The molecule has 2 amide bonds. The maximum absolute atomic E-state index is 11.8. The van der Waals surface area contributed by atoms with Crippen LogP contribution in [0, 0.1) is 6.92 Å². The Morgan fingerprint density at radius 1 is 1.36 bits per heavy atom. The SMILES string of the molecule is Cc1ccccc1CN1CCC(NC(=O)N[C@@H](C)CO)CC1. The highest BCUT2D eigenvalue weighted by Gasteiger charge is 2.21. The number of amides is 2. The molecule has 1 aliphatic rings. The summed E-state index contributed by atoms with van der Waals surface area (Å²) in [7, 11) is 0. The third-order valence-electron chi connectivity index (χ3n) is 4.23. The van der Waals surface area contributed by atoms with Gasteiger partial charge in [-0.15, -0.1) is 0 Å². The number of hydrogen-bond acceptors (Lipinski definition) is 3. The van der Waals surface area contributed by atoms with Crippen LogP contribution >= 0.6 is 0 Å². The monoisotopic (exact) mass is 305 g/mol. The van der Waals surface area contributed by atoms with E-state index in [4.69, 9.17) is 5.11 Å². The Balaban J connectivity index is 1.74. The van der Waals surface area contributed by atoms with Gasteiger partial charge in [0.2, 0.25) is 0 Å². The van der Waals surface area contributed by atoms with Crippen LogP contribution in [0.3, 0.4) is 0 Å². The molecule has 22 heavy (non-hydrogen) atoms. The highest BCUT2D eigenvalue weighted by atomic mass is 16.3. The first-order chi connectivity index (χ1) is 10.6. The third kappa shape index (κ3) is 5.00. The summed E-state index contributed by atoms with van der Waals surface area (Å²) in [6.07, 6.45) is 1.93. The molecule has 1 atom stereocenters. The smallest absolute Gasteiger partial charge is 0.315 e. The average Bonchev–Trinajstić information content (AvgIpc) is 2.51. The predicted molar refractivity (Wildman–Crippen MR) is 87.7 cm³/mol. The Hall–Kier alpha value is -1.59. The Bertz CT molecular complexity index is 485. The Morgan fingerprint density at radius 2 is 2.05 bits per heavy atom. The van der Waals surface area contributed by atoms with Crippen molar-refractivity contribution < 1.29 is 9.90 Å². The molecule has 2 rings (SSSR count). The standard InChI is InChI=1S/C17H27N3O2/c1-13-5-3-4-6-15(13)11-20-9-7-16(8-10-20)19-17(22)18-14(2)12-21/h3-6,14,16,21H,7-12H2,1-2H3,(H2,18,19,22)/t14-/m0/s1. The topological polar surface area (TPSA) is 64.6 Å². The third-order valence-corrected chi connectivity index (χ3v) is 4.23. The Kier molecular flexibility index (Phi) is 6.21. The fourth-order valence-electron chi connectivity index (χ4n) is 2.76. The van der Waals surface area contributed by atoms with E-state index in [1.165, 1.54) is 11.1 Å². The van der Waals surface area contributed by atoms with Gasteiger partial charge in [-0.3, -0.25) is 4.90 Å². The average molecular weight is 305 g/mol. The lowest BCUT2D eigenvalue weighted by atomic mass is 10.0. The van der Waals surface area contributed by atoms with Gasteiger partial charge in [0, 0.05) is 25.7 Å². The van der Waals surface area contributed by atoms with Gasteiger partial charge in [0.15, 0.2) is 0 Å². The number of nitrogens with zero attached hydrogens (tertiary/aromatic N) is 1. The molecule has 0 saturated carbocycles. The fourth-order valence-corrected chi connectivity index (χ4v) is 2.76. The van der Waals surface area contributed by atoms with Gasteiger partial charge in [0.25, 0.3) is 0 Å². The van der Waals surface area contributed by atoms with E-state index in [9.17, 15) is 4.79 Å². The fraction of sp³-hybridized carbons (Fsp3) is 0.588. The zero-order chi connectivity index (χ0) is 15.9. The maximum Gasteiger partial charge on any atom is 0.315 e. The second kappa shape index (κ2) is 8.15. The number of rotatable bonds is 5. The molecule has 1 saturated heterocycles. The summed E-state index contributed by atoms with van der Waals surface area (Å²) in [5.41, 5.74) is 2.71. The molecular weight excluding hydrogens is 278 g/mol. The van der Waals surface area contributed by atoms with Crippen molar-refractivity contribution in [2.75, 3.05) is 19.7 Å². The minimum absolute atomic E-state index is 0.0394. The van der Waals surface area contributed by atoms with Crippen LogP contribution in [0.25, 0.3) is 0 Å². The number of aryl methyl sites for hydroxylation is 1. The summed E-state index contributed by atoms with van der Waals surface area (Å²) in [4.78, 5) is 14.2. The van der Waals surface area contributed by atoms with Crippen LogP contribution in [0.4, 0.5) is 4.79 Å². The normalized spacial score (nSPS) is 18.0. The number of carbonyl (C=O) groups excluding carboxylic acids is 1. The highest BCUT2D eigenvalue weighted by Crippen LogP contribution is 2.16. The van der Waals surface area contributed by atoms with Crippen molar-refractivity contribution in [3.05, 3.63) is 35.4 Å². The number of aliphatic hydroxyl groups is 1. The van der Waals surface area contributed by atoms with Crippen LogP contribution in [0.5, 0.6) is 0 Å². The lowest BCUT2D eigenvalue weighted by molar-refractivity contribution is 0.182. The molecule has 0 spiro atoms. The number of piperidine rings is 1. The van der Waals surface area contributed by atoms with Gasteiger partial charge in [-0.05, 0) is 37.8 Å². The number of carbonyl (C=O) groups is 1. The van der Waals surface area contributed by atoms with E-state index in [1.807, 2.05) is 0 Å². The summed E-state index contributed by atoms with van der Waals surface area (Å²) in [6.45, 7) is 6.86. The molecular formula is C17H27N3O2. The maximum atomic E-state index is 11.8. The van der Waals surface area contributed by atoms with E-state index in [2.05, 4.69) is 46.7 Å². The quantitative estimate of drug-likeness (QED) is 0.775. The molecule has 122 valence electrons. The molecule has 0 radical (unpaired) electrons. The van der Waals surface area contributed by atoms with Crippen molar-refractivity contribution in [3.63, 3.8) is 0 Å². The molecule has 1 aromatic carbocycles.